The first-order valence-corrected chi connectivity index (χ1v) is 10.8. The minimum absolute atomic E-state index is 0.0153. The van der Waals surface area contributed by atoms with Crippen LogP contribution >= 0.6 is 0 Å². The first kappa shape index (κ1) is 21.5. The molecule has 1 aromatic heterocycles. The average Bonchev–Trinajstić information content (AvgIpc) is 3.29. The van der Waals surface area contributed by atoms with Gasteiger partial charge >= 0.3 is 0 Å². The smallest absolute Gasteiger partial charge is 0.288 e. The maximum atomic E-state index is 13.4. The van der Waals surface area contributed by atoms with Gasteiger partial charge in [-0.25, -0.2) is 4.98 Å². The molecule has 0 atom stereocenters. The number of aromatic nitrogens is 3. The van der Waals surface area contributed by atoms with Crippen LogP contribution < -0.4 is 11.1 Å². The van der Waals surface area contributed by atoms with Gasteiger partial charge < -0.3 is 16.0 Å². The molecule has 4 rings (SSSR count). The zero-order valence-electron chi connectivity index (χ0n) is 18.6. The van der Waals surface area contributed by atoms with Gasteiger partial charge in [-0.15, -0.1) is 0 Å². The van der Waals surface area contributed by atoms with Crippen LogP contribution in [-0.4, -0.2) is 52.0 Å². The fourth-order valence-electron chi connectivity index (χ4n) is 4.28. The third-order valence-corrected chi connectivity index (χ3v) is 6.16. The molecular weight excluding hydrogens is 404 g/mol. The number of aromatic amines is 1. The molecule has 0 bridgehead atoms. The van der Waals surface area contributed by atoms with Crippen LogP contribution in [-0.2, 0) is 0 Å². The minimum Gasteiger partial charge on any atom is -0.399 e. The molecule has 8 nitrogen and oxygen atoms in total. The molecule has 1 saturated heterocycles. The summed E-state index contributed by atoms with van der Waals surface area (Å²) < 4.78 is 0. The van der Waals surface area contributed by atoms with Gasteiger partial charge in [-0.1, -0.05) is 18.2 Å². The van der Waals surface area contributed by atoms with Gasteiger partial charge in [0.05, 0.1) is 0 Å². The van der Waals surface area contributed by atoms with Crippen LogP contribution in [0.15, 0.2) is 36.4 Å². The van der Waals surface area contributed by atoms with Gasteiger partial charge in [0.2, 0.25) is 5.82 Å². The highest BCUT2D eigenvalue weighted by Gasteiger charge is 2.26. The van der Waals surface area contributed by atoms with Crippen molar-refractivity contribution in [3.63, 3.8) is 0 Å². The zero-order chi connectivity index (χ0) is 22.8. The summed E-state index contributed by atoms with van der Waals surface area (Å²) in [4.78, 5) is 31.4. The number of nitrogens with zero attached hydrogens (tertiary/aromatic N) is 3. The molecule has 0 spiro atoms. The van der Waals surface area contributed by atoms with Crippen molar-refractivity contribution in [2.75, 3.05) is 25.9 Å². The van der Waals surface area contributed by atoms with Gasteiger partial charge in [-0.05, 0) is 67.5 Å². The molecule has 2 amide bonds. The number of hydrogen-bond donors (Lipinski definition) is 3. The van der Waals surface area contributed by atoms with E-state index < -0.39 is 0 Å². The van der Waals surface area contributed by atoms with E-state index in [1.807, 2.05) is 43.0 Å². The normalized spacial score (nSPS) is 14.4. The maximum Gasteiger partial charge on any atom is 0.288 e. The Kier molecular flexibility index (Phi) is 5.94. The molecule has 32 heavy (non-hydrogen) atoms. The molecule has 0 aliphatic carbocycles. The highest BCUT2D eigenvalue weighted by Crippen LogP contribution is 2.30. The summed E-state index contributed by atoms with van der Waals surface area (Å²) in [5, 5.41) is 9.35. The van der Waals surface area contributed by atoms with Crippen LogP contribution in [0, 0.1) is 13.8 Å². The summed E-state index contributed by atoms with van der Waals surface area (Å²) in [6.45, 7) is 5.31. The summed E-state index contributed by atoms with van der Waals surface area (Å²) in [6.07, 6.45) is 1.84. The molecule has 3 aromatic rings. The largest absolute Gasteiger partial charge is 0.399 e. The second kappa shape index (κ2) is 8.82. The van der Waals surface area contributed by atoms with E-state index in [0.717, 1.165) is 35.2 Å². The predicted octanol–water partition coefficient (Wildman–Crippen LogP) is 3.05. The van der Waals surface area contributed by atoms with Gasteiger partial charge in [0, 0.05) is 37.0 Å². The van der Waals surface area contributed by atoms with Gasteiger partial charge in [0.25, 0.3) is 11.8 Å². The minimum atomic E-state index is -0.339. The number of benzene rings is 2. The van der Waals surface area contributed by atoms with E-state index in [9.17, 15) is 9.59 Å². The molecule has 4 N–H and O–H groups in total. The number of amides is 2. The Labute approximate surface area is 187 Å². The Balaban J connectivity index is 1.53. The Hall–Kier alpha value is -3.68. The summed E-state index contributed by atoms with van der Waals surface area (Å²) in [7, 11) is 1.54. The molecule has 166 valence electrons. The quantitative estimate of drug-likeness (QED) is 0.548. The highest BCUT2D eigenvalue weighted by atomic mass is 16.2. The number of nitrogen functional groups attached to an aromatic ring is 1. The fourth-order valence-corrected chi connectivity index (χ4v) is 4.28. The topological polar surface area (TPSA) is 117 Å². The molecule has 1 aliphatic heterocycles. The molecule has 1 fully saturated rings. The number of H-pyrrole nitrogens is 1. The first-order valence-electron chi connectivity index (χ1n) is 10.8. The van der Waals surface area contributed by atoms with E-state index in [4.69, 9.17) is 5.73 Å². The Bertz CT molecular complexity index is 1140. The zero-order valence-corrected chi connectivity index (χ0v) is 18.6. The van der Waals surface area contributed by atoms with Crippen LogP contribution in [0.5, 0.6) is 0 Å². The number of likely N-dealkylation sites (tertiary alicyclic amines) is 1. The Morgan fingerprint density at radius 1 is 1.09 bits per heavy atom. The van der Waals surface area contributed by atoms with E-state index in [0.29, 0.717) is 30.4 Å². The number of nitrogens with one attached hydrogen (secondary N) is 2. The first-order chi connectivity index (χ1) is 15.4. The predicted molar refractivity (Wildman–Crippen MR) is 123 cm³/mol. The SMILES string of the molecule is CNC(=O)c1nc(-c2cc(C(=O)N3CCC(c4ccc(N)cc4)CC3)c(C)cc2C)n[nH]1. The van der Waals surface area contributed by atoms with Crippen molar-refractivity contribution < 1.29 is 9.59 Å². The lowest BCUT2D eigenvalue weighted by atomic mass is 9.89. The third-order valence-electron chi connectivity index (χ3n) is 6.16. The standard InChI is InChI=1S/C24H28N6O2/c1-14-12-15(2)20(13-19(14)21-27-22(29-28-21)23(31)26-3)24(32)30-10-8-17(9-11-30)16-4-6-18(25)7-5-16/h4-7,12-13,17H,8-11,25H2,1-3H3,(H,26,31)(H,27,28,29). The van der Waals surface area contributed by atoms with Crippen LogP contribution in [0.3, 0.4) is 0 Å². The fraction of sp³-hybridized carbons (Fsp3) is 0.333. The van der Waals surface area contributed by atoms with Crippen molar-refractivity contribution in [1.82, 2.24) is 25.4 Å². The molecule has 1 aliphatic rings. The number of hydrogen-bond acceptors (Lipinski definition) is 5. The monoisotopic (exact) mass is 432 g/mol. The summed E-state index contributed by atoms with van der Waals surface area (Å²) in [5.74, 6) is 0.651. The van der Waals surface area contributed by atoms with Crippen LogP contribution in [0.4, 0.5) is 5.69 Å². The van der Waals surface area contributed by atoms with Crippen LogP contribution in [0.2, 0.25) is 0 Å². The number of rotatable bonds is 4. The molecule has 0 radical (unpaired) electrons. The molecular formula is C24H28N6O2. The second-order valence-electron chi connectivity index (χ2n) is 8.30. The van der Waals surface area contributed by atoms with Crippen molar-refractivity contribution in [3.8, 4) is 11.4 Å². The van der Waals surface area contributed by atoms with Gasteiger partial charge in [-0.3, -0.25) is 14.7 Å². The summed E-state index contributed by atoms with van der Waals surface area (Å²) in [6, 6.07) is 11.8. The second-order valence-corrected chi connectivity index (χ2v) is 8.30. The lowest BCUT2D eigenvalue weighted by Crippen LogP contribution is -2.38. The lowest BCUT2D eigenvalue weighted by Gasteiger charge is -2.32. The van der Waals surface area contributed by atoms with Gasteiger partial charge in [0.1, 0.15) is 0 Å². The number of nitrogens with two attached hydrogens (primary N) is 1. The lowest BCUT2D eigenvalue weighted by molar-refractivity contribution is 0.0712. The van der Waals surface area contributed by atoms with Crippen molar-refractivity contribution >= 4 is 17.5 Å². The molecule has 0 saturated carbocycles. The van der Waals surface area contributed by atoms with E-state index >= 15 is 0 Å². The molecule has 2 aromatic carbocycles. The number of piperidine rings is 1. The number of carbonyl (C=O) groups is 2. The molecule has 0 unspecified atom stereocenters. The third kappa shape index (κ3) is 4.21. The molecule has 2 heterocycles. The number of aryl methyl sites for hydroxylation is 2. The maximum absolute atomic E-state index is 13.4. The van der Waals surface area contributed by atoms with Crippen molar-refractivity contribution in [2.45, 2.75) is 32.6 Å². The Morgan fingerprint density at radius 3 is 2.44 bits per heavy atom. The van der Waals surface area contributed by atoms with E-state index in [2.05, 4.69) is 32.6 Å². The van der Waals surface area contributed by atoms with Gasteiger partial charge in [-0.2, -0.15) is 5.10 Å². The van der Waals surface area contributed by atoms with Crippen molar-refractivity contribution in [1.29, 1.82) is 0 Å². The summed E-state index contributed by atoms with van der Waals surface area (Å²) in [5.41, 5.74) is 11.1. The van der Waals surface area contributed by atoms with Crippen molar-refractivity contribution in [2.24, 2.45) is 0 Å². The average molecular weight is 433 g/mol. The highest BCUT2D eigenvalue weighted by molar-refractivity contribution is 5.97. The number of anilines is 1. The molecule has 8 heteroatoms. The van der Waals surface area contributed by atoms with E-state index in [1.165, 1.54) is 12.6 Å². The summed E-state index contributed by atoms with van der Waals surface area (Å²) >= 11 is 0. The van der Waals surface area contributed by atoms with E-state index in [1.54, 1.807) is 0 Å². The van der Waals surface area contributed by atoms with Crippen LogP contribution in [0.25, 0.3) is 11.4 Å². The Morgan fingerprint density at radius 2 is 1.78 bits per heavy atom. The van der Waals surface area contributed by atoms with E-state index in [-0.39, 0.29) is 17.6 Å². The van der Waals surface area contributed by atoms with Crippen LogP contribution in [0.1, 0.15) is 56.4 Å². The van der Waals surface area contributed by atoms with Gasteiger partial charge in [0.15, 0.2) is 5.82 Å². The van der Waals surface area contributed by atoms with Crippen molar-refractivity contribution in [3.05, 3.63) is 64.5 Å². The number of carbonyl (C=O) groups excluding carboxylic acids is 2.